The molecule has 1 aliphatic heterocycles. The normalized spacial score (nSPS) is 18.7. The molecule has 0 bridgehead atoms. The molecule has 0 radical (unpaired) electrons. The zero-order valence-corrected chi connectivity index (χ0v) is 16.4. The number of fused-ring (bicyclic) bond motifs is 2. The van der Waals surface area contributed by atoms with E-state index < -0.39 is 16.1 Å². The Labute approximate surface area is 164 Å². The Bertz CT molecular complexity index is 950. The molecule has 4 N–H and O–H groups in total. The molecule has 0 aromatic heterocycles. The number of nitrogens with one attached hydrogen (secondary N) is 2. The SMILES string of the molecule is NC=C(C1=NCCCO1)S(=O)(=O)NC(=O)Nc1c2c(cc3c1CCC3)CCC2. The van der Waals surface area contributed by atoms with Crippen LogP contribution >= 0.6 is 0 Å². The van der Waals surface area contributed by atoms with Crippen molar-refractivity contribution < 1.29 is 17.9 Å². The second-order valence-electron chi connectivity index (χ2n) is 7.21. The van der Waals surface area contributed by atoms with Crippen molar-refractivity contribution in [2.75, 3.05) is 18.5 Å². The molecule has 8 nitrogen and oxygen atoms in total. The van der Waals surface area contributed by atoms with Gasteiger partial charge in [-0.1, -0.05) is 6.07 Å². The monoisotopic (exact) mass is 404 g/mol. The number of anilines is 1. The predicted octanol–water partition coefficient (Wildman–Crippen LogP) is 1.73. The highest BCUT2D eigenvalue weighted by atomic mass is 32.2. The van der Waals surface area contributed by atoms with Crippen LogP contribution in [0.15, 0.2) is 22.2 Å². The van der Waals surface area contributed by atoms with E-state index in [0.717, 1.165) is 61.5 Å². The number of hydrogen-bond acceptors (Lipinski definition) is 6. The molecule has 28 heavy (non-hydrogen) atoms. The number of benzene rings is 1. The fourth-order valence-electron chi connectivity index (χ4n) is 4.17. The number of nitrogens with two attached hydrogens (primary N) is 1. The van der Waals surface area contributed by atoms with Gasteiger partial charge in [0, 0.05) is 24.9 Å². The number of aliphatic imine (C=N–C) groups is 1. The zero-order valence-electron chi connectivity index (χ0n) is 15.6. The summed E-state index contributed by atoms with van der Waals surface area (Å²) in [6.45, 7) is 0.816. The molecule has 2 aliphatic carbocycles. The van der Waals surface area contributed by atoms with Gasteiger partial charge in [0.25, 0.3) is 10.0 Å². The number of carbonyl (C=O) groups excluding carboxylic acids is 1. The number of rotatable bonds is 4. The molecule has 0 atom stereocenters. The van der Waals surface area contributed by atoms with Gasteiger partial charge >= 0.3 is 6.03 Å². The maximum atomic E-state index is 12.6. The third-order valence-corrected chi connectivity index (χ3v) is 6.73. The standard InChI is InChI=1S/C19H24N4O4S/c20-11-16(18-21-8-3-9-27-18)28(25,26)23-19(24)22-17-14-6-1-4-12(14)10-13-5-2-7-15(13)17/h10-11H,1-9,20H2,(H2,22,23,24). The van der Waals surface area contributed by atoms with Gasteiger partial charge in [-0.3, -0.25) is 4.99 Å². The molecule has 1 aromatic rings. The summed E-state index contributed by atoms with van der Waals surface area (Å²) in [5.41, 5.74) is 11.0. The van der Waals surface area contributed by atoms with Crippen molar-refractivity contribution >= 4 is 27.6 Å². The average molecular weight is 404 g/mol. The van der Waals surface area contributed by atoms with Crippen LogP contribution in [0.25, 0.3) is 0 Å². The number of aryl methyl sites for hydroxylation is 2. The number of urea groups is 1. The van der Waals surface area contributed by atoms with Crippen molar-refractivity contribution in [3.63, 3.8) is 0 Å². The smallest absolute Gasteiger partial charge is 0.333 e. The zero-order chi connectivity index (χ0) is 19.7. The summed E-state index contributed by atoms with van der Waals surface area (Å²) in [5.74, 6) is -0.0597. The van der Waals surface area contributed by atoms with Crippen LogP contribution in [-0.2, 0) is 40.4 Å². The number of sulfonamides is 1. The van der Waals surface area contributed by atoms with E-state index in [2.05, 4.69) is 16.4 Å². The summed E-state index contributed by atoms with van der Waals surface area (Å²) in [5, 5.41) is 2.80. The summed E-state index contributed by atoms with van der Waals surface area (Å²) >= 11 is 0. The van der Waals surface area contributed by atoms with E-state index in [1.807, 2.05) is 4.72 Å². The quantitative estimate of drug-likeness (QED) is 0.705. The molecule has 0 saturated carbocycles. The maximum Gasteiger partial charge on any atom is 0.333 e. The number of nitrogens with zero attached hydrogens (tertiary/aromatic N) is 1. The first-order valence-electron chi connectivity index (χ1n) is 9.59. The van der Waals surface area contributed by atoms with Crippen LogP contribution in [0.3, 0.4) is 0 Å². The second kappa shape index (κ2) is 7.46. The molecule has 0 unspecified atom stereocenters. The highest BCUT2D eigenvalue weighted by Crippen LogP contribution is 2.38. The van der Waals surface area contributed by atoms with Crippen molar-refractivity contribution in [3.05, 3.63) is 39.4 Å². The van der Waals surface area contributed by atoms with Gasteiger partial charge in [0.1, 0.15) is 0 Å². The van der Waals surface area contributed by atoms with Crippen molar-refractivity contribution in [1.29, 1.82) is 0 Å². The summed E-state index contributed by atoms with van der Waals surface area (Å²) in [7, 11) is -4.20. The maximum absolute atomic E-state index is 12.6. The van der Waals surface area contributed by atoms with Gasteiger partial charge in [-0.2, -0.15) is 0 Å². The van der Waals surface area contributed by atoms with E-state index in [1.54, 1.807) is 0 Å². The lowest BCUT2D eigenvalue weighted by atomic mass is 9.99. The topological polar surface area (TPSA) is 123 Å². The number of carbonyl (C=O) groups is 1. The minimum absolute atomic E-state index is 0.0597. The van der Waals surface area contributed by atoms with Crippen LogP contribution in [0.5, 0.6) is 0 Å². The van der Waals surface area contributed by atoms with Crippen molar-refractivity contribution in [2.24, 2.45) is 10.7 Å². The van der Waals surface area contributed by atoms with Crippen LogP contribution in [-0.4, -0.2) is 33.5 Å². The molecule has 0 spiro atoms. The van der Waals surface area contributed by atoms with Gasteiger partial charge in [-0.25, -0.2) is 17.9 Å². The van der Waals surface area contributed by atoms with Crippen molar-refractivity contribution in [1.82, 2.24) is 4.72 Å². The Morgan fingerprint density at radius 3 is 2.36 bits per heavy atom. The van der Waals surface area contributed by atoms with Crippen LogP contribution in [0, 0.1) is 0 Å². The van der Waals surface area contributed by atoms with E-state index in [-0.39, 0.29) is 10.8 Å². The third kappa shape index (κ3) is 3.46. The van der Waals surface area contributed by atoms with E-state index in [1.165, 1.54) is 11.1 Å². The highest BCUT2D eigenvalue weighted by molar-refractivity contribution is 7.94. The van der Waals surface area contributed by atoms with Gasteiger partial charge in [0.05, 0.1) is 6.61 Å². The highest BCUT2D eigenvalue weighted by Gasteiger charge is 2.29. The largest absolute Gasteiger partial charge is 0.477 e. The van der Waals surface area contributed by atoms with Crippen LogP contribution in [0.4, 0.5) is 10.5 Å². The summed E-state index contributed by atoms with van der Waals surface area (Å²) in [4.78, 5) is 16.3. The first-order chi connectivity index (χ1) is 13.5. The summed E-state index contributed by atoms with van der Waals surface area (Å²) in [6, 6.07) is 1.45. The lowest BCUT2D eigenvalue weighted by molar-refractivity contribution is 0.256. The molecule has 150 valence electrons. The molecular weight excluding hydrogens is 380 g/mol. The molecule has 1 heterocycles. The summed E-state index contributed by atoms with van der Waals surface area (Å²) in [6.07, 6.45) is 7.47. The Kier molecular flexibility index (Phi) is 5.01. The van der Waals surface area contributed by atoms with E-state index in [0.29, 0.717) is 19.6 Å². The Hall–Kier alpha value is -2.55. The van der Waals surface area contributed by atoms with Gasteiger partial charge in [-0.05, 0) is 60.8 Å². The fourth-order valence-corrected chi connectivity index (χ4v) is 5.11. The van der Waals surface area contributed by atoms with E-state index >= 15 is 0 Å². The minimum Gasteiger partial charge on any atom is -0.477 e. The molecule has 0 fully saturated rings. The Morgan fingerprint density at radius 1 is 1.11 bits per heavy atom. The lowest BCUT2D eigenvalue weighted by Crippen LogP contribution is -2.38. The second-order valence-corrected chi connectivity index (χ2v) is 8.86. The van der Waals surface area contributed by atoms with Gasteiger partial charge in [-0.15, -0.1) is 0 Å². The van der Waals surface area contributed by atoms with E-state index in [4.69, 9.17) is 10.5 Å². The van der Waals surface area contributed by atoms with E-state index in [9.17, 15) is 13.2 Å². The molecule has 4 rings (SSSR count). The molecule has 2 amide bonds. The minimum atomic E-state index is -4.20. The predicted molar refractivity (Wildman–Crippen MR) is 107 cm³/mol. The van der Waals surface area contributed by atoms with Gasteiger partial charge in [0.2, 0.25) is 5.90 Å². The van der Waals surface area contributed by atoms with Gasteiger partial charge in [0.15, 0.2) is 4.91 Å². The lowest BCUT2D eigenvalue weighted by Gasteiger charge is -2.18. The summed E-state index contributed by atoms with van der Waals surface area (Å²) < 4.78 is 32.6. The number of ether oxygens (including phenoxy) is 1. The Balaban J connectivity index is 1.56. The first-order valence-corrected chi connectivity index (χ1v) is 11.1. The number of hydrogen-bond donors (Lipinski definition) is 3. The van der Waals surface area contributed by atoms with Gasteiger partial charge < -0.3 is 15.8 Å². The van der Waals surface area contributed by atoms with Crippen molar-refractivity contribution in [2.45, 2.75) is 44.9 Å². The average Bonchev–Trinajstić information content (AvgIpc) is 3.31. The molecule has 1 aromatic carbocycles. The molecular formula is C19H24N4O4S. The molecule has 9 heteroatoms. The van der Waals surface area contributed by atoms with Crippen LogP contribution < -0.4 is 15.8 Å². The fraction of sp³-hybridized carbons (Fsp3) is 0.474. The first kappa shape index (κ1) is 18.8. The number of amides is 2. The molecule has 3 aliphatic rings. The third-order valence-electron chi connectivity index (χ3n) is 5.39. The van der Waals surface area contributed by atoms with Crippen molar-refractivity contribution in [3.8, 4) is 0 Å². The van der Waals surface area contributed by atoms with Crippen LogP contribution in [0.1, 0.15) is 41.5 Å². The molecule has 0 saturated heterocycles. The van der Waals surface area contributed by atoms with Crippen LogP contribution in [0.2, 0.25) is 0 Å². The Morgan fingerprint density at radius 2 is 1.79 bits per heavy atom.